The van der Waals surface area contributed by atoms with E-state index in [4.69, 9.17) is 25.9 Å². The van der Waals surface area contributed by atoms with Crippen molar-refractivity contribution >= 4 is 16.7 Å². The van der Waals surface area contributed by atoms with Crippen molar-refractivity contribution in [1.82, 2.24) is 10.4 Å². The van der Waals surface area contributed by atoms with Gasteiger partial charge in [0.1, 0.15) is 37.1 Å². The Bertz CT molecular complexity index is 1250. The van der Waals surface area contributed by atoms with E-state index in [0.717, 1.165) is 22.2 Å². The number of para-hydroxylation sites is 1. The van der Waals surface area contributed by atoms with Crippen molar-refractivity contribution < 1.29 is 14.2 Å². The molecule has 8 heteroatoms. The first-order valence-corrected chi connectivity index (χ1v) is 10.4. The van der Waals surface area contributed by atoms with Crippen LogP contribution in [-0.4, -0.2) is 17.4 Å². The third-order valence-electron chi connectivity index (χ3n) is 4.85. The zero-order valence-electron chi connectivity index (χ0n) is 18.0. The lowest BCUT2D eigenvalue weighted by molar-refractivity contribution is 0.287. The molecule has 0 radical (unpaired) electrons. The number of rotatable bonds is 9. The summed E-state index contributed by atoms with van der Waals surface area (Å²) in [5.74, 6) is 12.9. The highest BCUT2D eigenvalue weighted by molar-refractivity contribution is 5.82. The number of nitrogens with zero attached hydrogens (tertiary/aromatic N) is 2. The van der Waals surface area contributed by atoms with Crippen LogP contribution in [0, 0.1) is 0 Å². The van der Waals surface area contributed by atoms with E-state index >= 15 is 0 Å². The number of hydrogen-bond acceptors (Lipinski definition) is 7. The molecule has 0 aliphatic heterocycles. The molecule has 1 aromatic heterocycles. The lowest BCUT2D eigenvalue weighted by atomic mass is 10.2. The van der Waals surface area contributed by atoms with Crippen molar-refractivity contribution in [3.05, 3.63) is 96.2 Å². The fourth-order valence-electron chi connectivity index (χ4n) is 3.16. The molecule has 168 valence electrons. The van der Waals surface area contributed by atoms with E-state index in [1.165, 1.54) is 0 Å². The topological polar surface area (TPSA) is 117 Å². The van der Waals surface area contributed by atoms with Gasteiger partial charge in [-0.1, -0.05) is 42.5 Å². The molecule has 5 N–H and O–H groups in total. The minimum Gasteiger partial charge on any atom is -0.489 e. The molecule has 1 heterocycles. The van der Waals surface area contributed by atoms with Crippen LogP contribution in [0.2, 0.25) is 0 Å². The average molecular weight is 444 g/mol. The Labute approximate surface area is 191 Å². The van der Waals surface area contributed by atoms with Crippen LogP contribution >= 0.6 is 0 Å². The quantitative estimate of drug-likeness (QED) is 0.157. The standard InChI is InChI=1S/C25H25N5O3/c26-29-25(30-27)17-33-21-7-3-5-18(13-21)15-31-22-8-4-9-23(14-22)32-16-20-12-11-19-6-1-2-10-24(19)28-20/h1-14H,15-17,26-27H2,(H,29,30). The lowest BCUT2D eigenvalue weighted by Crippen LogP contribution is -2.35. The number of hydrogen-bond donors (Lipinski definition) is 3. The molecule has 8 nitrogen and oxygen atoms in total. The van der Waals surface area contributed by atoms with Gasteiger partial charge in [0.05, 0.1) is 11.2 Å². The van der Waals surface area contributed by atoms with Crippen molar-refractivity contribution in [3.8, 4) is 17.2 Å². The van der Waals surface area contributed by atoms with Gasteiger partial charge in [-0.15, -0.1) is 0 Å². The van der Waals surface area contributed by atoms with Crippen molar-refractivity contribution in [1.29, 1.82) is 0 Å². The molecule has 0 bridgehead atoms. The second kappa shape index (κ2) is 10.8. The van der Waals surface area contributed by atoms with E-state index in [1.54, 1.807) is 0 Å². The molecular weight excluding hydrogens is 418 g/mol. The van der Waals surface area contributed by atoms with Crippen molar-refractivity contribution in [2.45, 2.75) is 13.2 Å². The summed E-state index contributed by atoms with van der Waals surface area (Å²) in [7, 11) is 0. The average Bonchev–Trinajstić information content (AvgIpc) is 2.87. The summed E-state index contributed by atoms with van der Waals surface area (Å²) < 4.78 is 17.5. The summed E-state index contributed by atoms with van der Waals surface area (Å²) in [6.45, 7) is 0.891. The largest absolute Gasteiger partial charge is 0.489 e. The Balaban J connectivity index is 1.33. The predicted octanol–water partition coefficient (Wildman–Crippen LogP) is 3.51. The van der Waals surface area contributed by atoms with Gasteiger partial charge in [-0.3, -0.25) is 0 Å². The Morgan fingerprint density at radius 2 is 1.52 bits per heavy atom. The fraction of sp³-hybridized carbons (Fsp3) is 0.120. The third kappa shape index (κ3) is 6.11. The van der Waals surface area contributed by atoms with Gasteiger partial charge in [-0.25, -0.2) is 10.8 Å². The molecule has 0 saturated carbocycles. The van der Waals surface area contributed by atoms with E-state index in [9.17, 15) is 0 Å². The SMILES string of the molecule is NN=C(COc1cccc(COc2cccc(OCc3ccc4ccccc4n3)c2)c1)NN. The zero-order chi connectivity index (χ0) is 22.9. The summed E-state index contributed by atoms with van der Waals surface area (Å²) >= 11 is 0. The molecule has 3 aromatic carbocycles. The second-order valence-corrected chi connectivity index (χ2v) is 7.20. The van der Waals surface area contributed by atoms with Gasteiger partial charge in [0.2, 0.25) is 0 Å². The summed E-state index contributed by atoms with van der Waals surface area (Å²) in [4.78, 5) is 4.64. The maximum Gasteiger partial charge on any atom is 0.173 e. The van der Waals surface area contributed by atoms with Gasteiger partial charge < -0.3 is 25.5 Å². The number of amidine groups is 1. The number of ether oxygens (including phenoxy) is 3. The third-order valence-corrected chi connectivity index (χ3v) is 4.85. The maximum absolute atomic E-state index is 5.94. The summed E-state index contributed by atoms with van der Waals surface area (Å²) in [6, 6.07) is 27.1. The summed E-state index contributed by atoms with van der Waals surface area (Å²) in [5, 5.41) is 4.60. The minimum absolute atomic E-state index is 0.142. The number of nitrogens with one attached hydrogen (secondary N) is 1. The van der Waals surface area contributed by atoms with E-state index in [1.807, 2.05) is 78.9 Å². The Morgan fingerprint density at radius 3 is 2.30 bits per heavy atom. The molecule has 0 unspecified atom stereocenters. The maximum atomic E-state index is 5.94. The molecule has 33 heavy (non-hydrogen) atoms. The van der Waals surface area contributed by atoms with Crippen LogP contribution in [0.5, 0.6) is 17.2 Å². The molecule has 4 rings (SSSR count). The monoisotopic (exact) mass is 443 g/mol. The Hall–Kier alpha value is -4.30. The number of pyridine rings is 1. The fourth-order valence-corrected chi connectivity index (χ4v) is 3.16. The van der Waals surface area contributed by atoms with Gasteiger partial charge >= 0.3 is 0 Å². The molecule has 0 spiro atoms. The molecule has 0 amide bonds. The van der Waals surface area contributed by atoms with Gasteiger partial charge in [0, 0.05) is 11.5 Å². The van der Waals surface area contributed by atoms with Crippen LogP contribution < -0.4 is 31.3 Å². The van der Waals surface area contributed by atoms with Gasteiger partial charge in [0.15, 0.2) is 5.84 Å². The number of hydrazine groups is 1. The van der Waals surface area contributed by atoms with Crippen LogP contribution in [0.1, 0.15) is 11.3 Å². The first-order chi connectivity index (χ1) is 16.2. The van der Waals surface area contributed by atoms with E-state index in [2.05, 4.69) is 21.6 Å². The normalized spacial score (nSPS) is 11.2. The van der Waals surface area contributed by atoms with E-state index < -0.39 is 0 Å². The van der Waals surface area contributed by atoms with Gasteiger partial charge in [-0.05, 0) is 42.0 Å². The molecular formula is C25H25N5O3. The number of fused-ring (bicyclic) bond motifs is 1. The predicted molar refractivity (Wildman–Crippen MR) is 128 cm³/mol. The molecule has 0 saturated heterocycles. The van der Waals surface area contributed by atoms with Crippen LogP contribution in [0.15, 0.2) is 90.0 Å². The molecule has 0 fully saturated rings. The van der Waals surface area contributed by atoms with Crippen molar-refractivity contribution in [3.63, 3.8) is 0 Å². The number of aromatic nitrogens is 1. The van der Waals surface area contributed by atoms with Crippen LogP contribution in [0.4, 0.5) is 0 Å². The molecule has 0 aliphatic carbocycles. The summed E-state index contributed by atoms with van der Waals surface area (Å²) in [6.07, 6.45) is 0. The number of benzene rings is 3. The Kier molecular flexibility index (Phi) is 7.19. The molecule has 4 aromatic rings. The van der Waals surface area contributed by atoms with Gasteiger partial charge in [-0.2, -0.15) is 5.10 Å². The van der Waals surface area contributed by atoms with Crippen molar-refractivity contribution in [2.75, 3.05) is 6.61 Å². The van der Waals surface area contributed by atoms with E-state index in [0.29, 0.717) is 36.3 Å². The van der Waals surface area contributed by atoms with Gasteiger partial charge in [0.25, 0.3) is 0 Å². The number of hydrazone groups is 1. The first kappa shape index (κ1) is 21.9. The molecule has 0 atom stereocenters. The van der Waals surface area contributed by atoms with Crippen LogP contribution in [-0.2, 0) is 13.2 Å². The lowest BCUT2D eigenvalue weighted by Gasteiger charge is -2.11. The van der Waals surface area contributed by atoms with Crippen molar-refractivity contribution in [2.24, 2.45) is 16.8 Å². The minimum atomic E-state index is 0.142. The summed E-state index contributed by atoms with van der Waals surface area (Å²) in [5.41, 5.74) is 5.14. The molecule has 0 aliphatic rings. The zero-order valence-corrected chi connectivity index (χ0v) is 18.0. The Morgan fingerprint density at radius 1 is 0.788 bits per heavy atom. The van der Waals surface area contributed by atoms with E-state index in [-0.39, 0.29) is 6.61 Å². The highest BCUT2D eigenvalue weighted by Crippen LogP contribution is 2.22. The first-order valence-electron chi connectivity index (χ1n) is 10.4. The second-order valence-electron chi connectivity index (χ2n) is 7.20. The smallest absolute Gasteiger partial charge is 0.173 e. The number of nitrogens with two attached hydrogens (primary N) is 2. The van der Waals surface area contributed by atoms with Crippen LogP contribution in [0.3, 0.4) is 0 Å². The van der Waals surface area contributed by atoms with Crippen LogP contribution in [0.25, 0.3) is 10.9 Å². The highest BCUT2D eigenvalue weighted by atomic mass is 16.5. The highest BCUT2D eigenvalue weighted by Gasteiger charge is 2.04.